The van der Waals surface area contributed by atoms with Crippen LogP contribution in [-0.2, 0) is 0 Å². The Hall–Kier alpha value is -1.65. The summed E-state index contributed by atoms with van der Waals surface area (Å²) in [6.45, 7) is 8.81. The summed E-state index contributed by atoms with van der Waals surface area (Å²) in [5, 5.41) is 11.1. The Morgan fingerprint density at radius 3 is 2.53 bits per heavy atom. The van der Waals surface area contributed by atoms with Gasteiger partial charge in [0.2, 0.25) is 0 Å². The molecule has 104 valence electrons. The molecule has 2 atom stereocenters. The Kier molecular flexibility index (Phi) is 4.35. The third kappa shape index (κ3) is 3.43. The molecular weight excluding hydrogens is 240 g/mol. The highest BCUT2D eigenvalue weighted by molar-refractivity contribution is 5.92. The predicted octanol–water partition coefficient (Wildman–Crippen LogP) is 2.03. The maximum absolute atomic E-state index is 12.4. The van der Waals surface area contributed by atoms with E-state index < -0.39 is 0 Å². The topological polar surface area (TPSA) is 58.1 Å². The normalized spacial score (nSPS) is 23.2. The van der Waals surface area contributed by atoms with Crippen LogP contribution in [0.2, 0.25) is 0 Å². The van der Waals surface area contributed by atoms with Gasteiger partial charge in [-0.25, -0.2) is 0 Å². The number of piperidine rings is 1. The summed E-state index contributed by atoms with van der Waals surface area (Å²) in [5.41, 5.74) is 0.433. The SMILES string of the molecule is CCNc1ccc(C(=O)N2CC(C)CC(C)C2)nn1. The minimum absolute atomic E-state index is 0.00560. The second kappa shape index (κ2) is 5.99. The quantitative estimate of drug-likeness (QED) is 0.905. The van der Waals surface area contributed by atoms with E-state index >= 15 is 0 Å². The molecule has 5 nitrogen and oxygen atoms in total. The number of rotatable bonds is 3. The van der Waals surface area contributed by atoms with Gasteiger partial charge in [0.05, 0.1) is 0 Å². The highest BCUT2D eigenvalue weighted by Gasteiger charge is 2.26. The number of nitrogens with zero attached hydrogens (tertiary/aromatic N) is 3. The largest absolute Gasteiger partial charge is 0.369 e. The van der Waals surface area contributed by atoms with Crippen LogP contribution in [0.4, 0.5) is 5.82 Å². The first kappa shape index (κ1) is 13.8. The van der Waals surface area contributed by atoms with Crippen LogP contribution in [0.15, 0.2) is 12.1 Å². The van der Waals surface area contributed by atoms with Crippen LogP contribution in [0.5, 0.6) is 0 Å². The lowest BCUT2D eigenvalue weighted by molar-refractivity contribution is 0.0616. The molecule has 1 fully saturated rings. The standard InChI is InChI=1S/C14H22N4O/c1-4-15-13-6-5-12(16-17-13)14(19)18-8-10(2)7-11(3)9-18/h5-6,10-11H,4,7-9H2,1-3H3,(H,15,17). The van der Waals surface area contributed by atoms with Gasteiger partial charge in [-0.2, -0.15) is 0 Å². The van der Waals surface area contributed by atoms with Crippen LogP contribution < -0.4 is 5.32 Å². The van der Waals surface area contributed by atoms with E-state index in [0.717, 1.165) is 19.6 Å². The Balaban J connectivity index is 2.06. The van der Waals surface area contributed by atoms with Gasteiger partial charge in [0.1, 0.15) is 5.82 Å². The van der Waals surface area contributed by atoms with E-state index in [1.165, 1.54) is 6.42 Å². The van der Waals surface area contributed by atoms with E-state index in [1.807, 2.05) is 11.8 Å². The highest BCUT2D eigenvalue weighted by atomic mass is 16.2. The van der Waals surface area contributed by atoms with E-state index in [-0.39, 0.29) is 5.91 Å². The molecule has 1 aliphatic heterocycles. The summed E-state index contributed by atoms with van der Waals surface area (Å²) >= 11 is 0. The van der Waals surface area contributed by atoms with Crippen LogP contribution in [-0.4, -0.2) is 40.6 Å². The fraction of sp³-hybridized carbons (Fsp3) is 0.643. The molecule has 0 saturated carbocycles. The Morgan fingerprint density at radius 1 is 1.32 bits per heavy atom. The number of nitrogens with one attached hydrogen (secondary N) is 1. The fourth-order valence-corrected chi connectivity index (χ4v) is 2.71. The zero-order valence-electron chi connectivity index (χ0n) is 11.9. The lowest BCUT2D eigenvalue weighted by Gasteiger charge is -2.34. The van der Waals surface area contributed by atoms with Gasteiger partial charge in [0.15, 0.2) is 5.69 Å². The van der Waals surface area contributed by atoms with Gasteiger partial charge >= 0.3 is 0 Å². The van der Waals surface area contributed by atoms with Crippen molar-refractivity contribution >= 4 is 11.7 Å². The number of carbonyl (C=O) groups excluding carboxylic acids is 1. The number of hydrogen-bond donors (Lipinski definition) is 1. The first-order valence-corrected chi connectivity index (χ1v) is 6.97. The maximum Gasteiger partial charge on any atom is 0.274 e. The number of anilines is 1. The minimum atomic E-state index is -0.00560. The van der Waals surface area contributed by atoms with Crippen molar-refractivity contribution < 1.29 is 4.79 Å². The number of likely N-dealkylation sites (tertiary alicyclic amines) is 1. The Labute approximate surface area is 114 Å². The molecule has 0 aromatic carbocycles. The summed E-state index contributed by atoms with van der Waals surface area (Å²) in [7, 11) is 0. The van der Waals surface area contributed by atoms with E-state index in [2.05, 4.69) is 29.4 Å². The van der Waals surface area contributed by atoms with Crippen molar-refractivity contribution in [3.8, 4) is 0 Å². The Morgan fingerprint density at radius 2 is 2.00 bits per heavy atom. The zero-order chi connectivity index (χ0) is 13.8. The van der Waals surface area contributed by atoms with Crippen molar-refractivity contribution in [3.63, 3.8) is 0 Å². The first-order valence-electron chi connectivity index (χ1n) is 6.97. The van der Waals surface area contributed by atoms with Crippen molar-refractivity contribution in [1.82, 2.24) is 15.1 Å². The maximum atomic E-state index is 12.4. The monoisotopic (exact) mass is 262 g/mol. The van der Waals surface area contributed by atoms with Crippen molar-refractivity contribution in [2.45, 2.75) is 27.2 Å². The van der Waals surface area contributed by atoms with Gasteiger partial charge in [0, 0.05) is 19.6 Å². The summed E-state index contributed by atoms with van der Waals surface area (Å²) in [6, 6.07) is 3.55. The van der Waals surface area contributed by atoms with E-state index in [0.29, 0.717) is 23.3 Å². The third-order valence-corrected chi connectivity index (χ3v) is 3.40. The molecule has 0 bridgehead atoms. The molecule has 1 amide bonds. The van der Waals surface area contributed by atoms with Crippen molar-refractivity contribution in [2.24, 2.45) is 11.8 Å². The second-order valence-electron chi connectivity index (χ2n) is 5.49. The van der Waals surface area contributed by atoms with E-state index in [9.17, 15) is 4.79 Å². The first-order chi connectivity index (χ1) is 9.10. The molecule has 5 heteroatoms. The molecule has 2 unspecified atom stereocenters. The van der Waals surface area contributed by atoms with Crippen molar-refractivity contribution in [1.29, 1.82) is 0 Å². The second-order valence-corrected chi connectivity index (χ2v) is 5.49. The van der Waals surface area contributed by atoms with Gasteiger partial charge in [-0.15, -0.1) is 10.2 Å². The van der Waals surface area contributed by atoms with E-state index in [1.54, 1.807) is 12.1 Å². The molecule has 1 aliphatic rings. The van der Waals surface area contributed by atoms with E-state index in [4.69, 9.17) is 0 Å². The zero-order valence-corrected chi connectivity index (χ0v) is 11.9. The number of hydrogen-bond acceptors (Lipinski definition) is 4. The molecule has 2 heterocycles. The summed E-state index contributed by atoms with van der Waals surface area (Å²) in [4.78, 5) is 14.3. The molecule has 0 spiro atoms. The van der Waals surface area contributed by atoms with Crippen LogP contribution >= 0.6 is 0 Å². The molecule has 0 radical (unpaired) electrons. The minimum Gasteiger partial charge on any atom is -0.369 e. The van der Waals surface area contributed by atoms with Crippen LogP contribution in [0, 0.1) is 11.8 Å². The van der Waals surface area contributed by atoms with Gasteiger partial charge < -0.3 is 10.2 Å². The van der Waals surface area contributed by atoms with Crippen LogP contribution in [0.3, 0.4) is 0 Å². The molecular formula is C14H22N4O. The average molecular weight is 262 g/mol. The number of carbonyl (C=O) groups is 1. The lowest BCUT2D eigenvalue weighted by Crippen LogP contribution is -2.42. The summed E-state index contributed by atoms with van der Waals surface area (Å²) in [5.74, 6) is 1.82. The molecule has 1 aromatic rings. The smallest absolute Gasteiger partial charge is 0.274 e. The van der Waals surface area contributed by atoms with Crippen molar-refractivity contribution in [3.05, 3.63) is 17.8 Å². The van der Waals surface area contributed by atoms with Crippen LogP contribution in [0.1, 0.15) is 37.7 Å². The van der Waals surface area contributed by atoms with Crippen LogP contribution in [0.25, 0.3) is 0 Å². The van der Waals surface area contributed by atoms with Gasteiger partial charge in [-0.1, -0.05) is 13.8 Å². The highest BCUT2D eigenvalue weighted by Crippen LogP contribution is 2.22. The number of amides is 1. The average Bonchev–Trinajstić information content (AvgIpc) is 2.38. The molecule has 1 saturated heterocycles. The van der Waals surface area contributed by atoms with Gasteiger partial charge in [0.25, 0.3) is 5.91 Å². The van der Waals surface area contributed by atoms with Gasteiger partial charge in [-0.05, 0) is 37.3 Å². The molecule has 19 heavy (non-hydrogen) atoms. The molecule has 1 N–H and O–H groups in total. The molecule has 2 rings (SSSR count). The summed E-state index contributed by atoms with van der Waals surface area (Å²) < 4.78 is 0. The third-order valence-electron chi connectivity index (χ3n) is 3.40. The number of aromatic nitrogens is 2. The summed E-state index contributed by atoms with van der Waals surface area (Å²) in [6.07, 6.45) is 1.19. The molecule has 0 aliphatic carbocycles. The van der Waals surface area contributed by atoms with Crippen molar-refractivity contribution in [2.75, 3.05) is 25.0 Å². The van der Waals surface area contributed by atoms with Gasteiger partial charge in [-0.3, -0.25) is 4.79 Å². The predicted molar refractivity (Wildman–Crippen MR) is 75.0 cm³/mol. The molecule has 1 aromatic heterocycles. The lowest BCUT2D eigenvalue weighted by atomic mass is 9.92. The Bertz CT molecular complexity index is 422. The fourth-order valence-electron chi connectivity index (χ4n) is 2.71.